The van der Waals surface area contributed by atoms with Gasteiger partial charge in [-0.2, -0.15) is 0 Å². The normalized spacial score (nSPS) is 13.0. The molecular formula is C14H12ClNOS. The van der Waals surface area contributed by atoms with Gasteiger partial charge in [0.05, 0.1) is 4.88 Å². The molecule has 1 amide bonds. The van der Waals surface area contributed by atoms with Crippen LogP contribution in [0.3, 0.4) is 0 Å². The summed E-state index contributed by atoms with van der Waals surface area (Å²) in [5.74, 6) is -0.352. The second-order valence-electron chi connectivity index (χ2n) is 4.60. The van der Waals surface area contributed by atoms with Gasteiger partial charge in [0.2, 0.25) is 0 Å². The molecule has 0 saturated carbocycles. The van der Waals surface area contributed by atoms with E-state index < -0.39 is 0 Å². The number of hydrogen-bond donors (Lipinski definition) is 1. The van der Waals surface area contributed by atoms with Crippen LogP contribution in [0.1, 0.15) is 26.4 Å². The summed E-state index contributed by atoms with van der Waals surface area (Å²) in [6.07, 6.45) is 1.85. The lowest BCUT2D eigenvalue weighted by Crippen LogP contribution is -2.08. The average molecular weight is 278 g/mol. The summed E-state index contributed by atoms with van der Waals surface area (Å²) in [5, 5.41) is 0.824. The number of halogens is 1. The zero-order valence-electron chi connectivity index (χ0n) is 9.92. The molecule has 0 spiro atoms. The van der Waals surface area contributed by atoms with Crippen LogP contribution in [0.25, 0.3) is 10.4 Å². The van der Waals surface area contributed by atoms with Gasteiger partial charge in [-0.15, -0.1) is 11.3 Å². The lowest BCUT2D eigenvalue weighted by molar-refractivity contribution is 0.100. The number of carbonyl (C=O) groups is 1. The van der Waals surface area contributed by atoms with E-state index in [4.69, 9.17) is 17.3 Å². The van der Waals surface area contributed by atoms with Crippen molar-refractivity contribution in [2.45, 2.75) is 19.8 Å². The van der Waals surface area contributed by atoms with E-state index in [1.165, 1.54) is 28.0 Å². The average Bonchev–Trinajstić information content (AvgIpc) is 2.72. The number of aryl methyl sites for hydroxylation is 2. The Bertz CT molecular complexity index is 660. The van der Waals surface area contributed by atoms with Gasteiger partial charge in [0.25, 0.3) is 5.91 Å². The van der Waals surface area contributed by atoms with Gasteiger partial charge in [-0.25, -0.2) is 0 Å². The fraction of sp³-hybridized carbons (Fsp3) is 0.214. The number of hydrogen-bond acceptors (Lipinski definition) is 2. The van der Waals surface area contributed by atoms with Crippen molar-refractivity contribution < 1.29 is 4.79 Å². The van der Waals surface area contributed by atoms with Crippen LogP contribution in [0.2, 0.25) is 5.02 Å². The highest BCUT2D eigenvalue weighted by Crippen LogP contribution is 2.42. The first-order valence-electron chi connectivity index (χ1n) is 5.78. The third-order valence-corrected chi connectivity index (χ3v) is 4.84. The van der Waals surface area contributed by atoms with Gasteiger partial charge in [-0.05, 0) is 54.2 Å². The summed E-state index contributed by atoms with van der Waals surface area (Å²) in [6.45, 7) is 2.03. The van der Waals surface area contributed by atoms with Crippen molar-refractivity contribution >= 4 is 28.8 Å². The SMILES string of the molecule is Cc1cc(Cl)c2c(c1)-c1sc(C(N)=O)cc1CC2. The first-order valence-corrected chi connectivity index (χ1v) is 6.97. The maximum atomic E-state index is 11.3. The molecule has 4 heteroatoms. The summed E-state index contributed by atoms with van der Waals surface area (Å²) in [5.41, 5.74) is 10.1. The highest BCUT2D eigenvalue weighted by molar-refractivity contribution is 7.17. The predicted molar refractivity (Wildman–Crippen MR) is 75.4 cm³/mol. The number of fused-ring (bicyclic) bond motifs is 3. The Kier molecular flexibility index (Phi) is 2.68. The zero-order chi connectivity index (χ0) is 12.9. The van der Waals surface area contributed by atoms with Gasteiger partial charge < -0.3 is 5.73 Å². The second kappa shape index (κ2) is 4.11. The van der Waals surface area contributed by atoms with Crippen LogP contribution in [-0.2, 0) is 12.8 Å². The van der Waals surface area contributed by atoms with Crippen molar-refractivity contribution in [3.63, 3.8) is 0 Å². The fourth-order valence-corrected chi connectivity index (χ4v) is 3.93. The molecule has 2 nitrogen and oxygen atoms in total. The van der Waals surface area contributed by atoms with Gasteiger partial charge in [0.1, 0.15) is 0 Å². The van der Waals surface area contributed by atoms with Crippen molar-refractivity contribution in [1.29, 1.82) is 0 Å². The largest absolute Gasteiger partial charge is 0.365 e. The fourth-order valence-electron chi connectivity index (χ4n) is 2.45. The molecule has 2 aromatic rings. The molecule has 1 aliphatic carbocycles. The molecule has 0 unspecified atom stereocenters. The van der Waals surface area contributed by atoms with Crippen molar-refractivity contribution in [1.82, 2.24) is 0 Å². The molecule has 0 radical (unpaired) electrons. The maximum absolute atomic E-state index is 11.3. The Morgan fingerprint density at radius 3 is 2.83 bits per heavy atom. The van der Waals surface area contributed by atoms with Gasteiger partial charge in [0, 0.05) is 9.90 Å². The first-order chi connectivity index (χ1) is 8.56. The van der Waals surface area contributed by atoms with Crippen molar-refractivity contribution in [3.05, 3.63) is 44.8 Å². The molecular weight excluding hydrogens is 266 g/mol. The second-order valence-corrected chi connectivity index (χ2v) is 6.06. The lowest BCUT2D eigenvalue weighted by Gasteiger charge is -2.18. The highest BCUT2D eigenvalue weighted by Gasteiger charge is 2.22. The number of thiophene rings is 1. The van der Waals surface area contributed by atoms with Gasteiger partial charge >= 0.3 is 0 Å². The number of benzene rings is 1. The molecule has 0 aliphatic heterocycles. The van der Waals surface area contributed by atoms with E-state index in [1.54, 1.807) is 0 Å². The van der Waals surface area contributed by atoms with Crippen LogP contribution in [0.15, 0.2) is 18.2 Å². The Morgan fingerprint density at radius 2 is 2.11 bits per heavy atom. The minimum atomic E-state index is -0.352. The summed E-state index contributed by atoms with van der Waals surface area (Å²) >= 11 is 7.77. The molecule has 3 rings (SSSR count). The Morgan fingerprint density at radius 1 is 1.33 bits per heavy atom. The van der Waals surface area contributed by atoms with Gasteiger partial charge in [-0.3, -0.25) is 4.79 Å². The summed E-state index contributed by atoms with van der Waals surface area (Å²) < 4.78 is 0. The number of primary amides is 1. The molecule has 0 fully saturated rings. The topological polar surface area (TPSA) is 43.1 Å². The van der Waals surface area contributed by atoms with Crippen LogP contribution >= 0.6 is 22.9 Å². The van der Waals surface area contributed by atoms with E-state index in [0.29, 0.717) is 4.88 Å². The van der Waals surface area contributed by atoms with E-state index in [9.17, 15) is 4.79 Å². The summed E-state index contributed by atoms with van der Waals surface area (Å²) in [4.78, 5) is 13.1. The van der Waals surface area contributed by atoms with Crippen molar-refractivity contribution in [3.8, 4) is 10.4 Å². The van der Waals surface area contributed by atoms with Gasteiger partial charge in [0.15, 0.2) is 0 Å². The number of carbonyl (C=O) groups excluding carboxylic acids is 1. The quantitative estimate of drug-likeness (QED) is 0.851. The Balaban J connectivity index is 2.24. The van der Waals surface area contributed by atoms with E-state index >= 15 is 0 Å². The van der Waals surface area contributed by atoms with Crippen molar-refractivity contribution in [2.75, 3.05) is 0 Å². The van der Waals surface area contributed by atoms with E-state index in [2.05, 4.69) is 6.07 Å². The third kappa shape index (κ3) is 1.74. The number of nitrogens with two attached hydrogens (primary N) is 1. The van der Waals surface area contributed by atoms with E-state index in [1.807, 2.05) is 19.1 Å². The van der Waals surface area contributed by atoms with Crippen LogP contribution in [-0.4, -0.2) is 5.91 Å². The Labute approximate surface area is 114 Å². The molecule has 18 heavy (non-hydrogen) atoms. The Hall–Kier alpha value is -1.32. The van der Waals surface area contributed by atoms with Crippen LogP contribution < -0.4 is 5.73 Å². The van der Waals surface area contributed by atoms with Crippen molar-refractivity contribution in [2.24, 2.45) is 5.73 Å². The van der Waals surface area contributed by atoms with E-state index in [0.717, 1.165) is 28.3 Å². The standard InChI is InChI=1S/C14H12ClNOS/c1-7-4-10-9(11(15)5-7)3-2-8-6-12(14(16)17)18-13(8)10/h4-6H,2-3H2,1H3,(H2,16,17). The first kappa shape index (κ1) is 11.8. The smallest absolute Gasteiger partial charge is 0.258 e. The molecule has 0 atom stereocenters. The molecule has 1 aliphatic rings. The van der Waals surface area contributed by atoms with E-state index in [-0.39, 0.29) is 5.91 Å². The molecule has 0 saturated heterocycles. The number of rotatable bonds is 1. The molecule has 1 aromatic carbocycles. The summed E-state index contributed by atoms with van der Waals surface area (Å²) in [7, 11) is 0. The highest BCUT2D eigenvalue weighted by atomic mass is 35.5. The molecule has 1 aromatic heterocycles. The van der Waals surface area contributed by atoms with Crippen LogP contribution in [0.4, 0.5) is 0 Å². The van der Waals surface area contributed by atoms with Crippen LogP contribution in [0, 0.1) is 6.92 Å². The minimum Gasteiger partial charge on any atom is -0.365 e. The predicted octanol–water partition coefficient (Wildman–Crippen LogP) is 3.57. The molecule has 1 heterocycles. The summed E-state index contributed by atoms with van der Waals surface area (Å²) in [6, 6.07) is 6.05. The number of amides is 1. The van der Waals surface area contributed by atoms with Gasteiger partial charge in [-0.1, -0.05) is 17.7 Å². The third-order valence-electron chi connectivity index (χ3n) is 3.28. The molecule has 2 N–H and O–H groups in total. The zero-order valence-corrected chi connectivity index (χ0v) is 11.5. The molecule has 0 bridgehead atoms. The monoisotopic (exact) mass is 277 g/mol. The van der Waals surface area contributed by atoms with Crippen LogP contribution in [0.5, 0.6) is 0 Å². The maximum Gasteiger partial charge on any atom is 0.258 e. The minimum absolute atomic E-state index is 0.352. The molecule has 92 valence electrons. The lowest BCUT2D eigenvalue weighted by atomic mass is 9.90.